The van der Waals surface area contributed by atoms with Crippen molar-refractivity contribution in [3.05, 3.63) is 46.0 Å². The molecule has 2 N–H and O–H groups in total. The summed E-state index contributed by atoms with van der Waals surface area (Å²) < 4.78 is 13.6. The third-order valence-corrected chi connectivity index (χ3v) is 3.50. The normalized spacial score (nSPS) is 10.6. The highest BCUT2D eigenvalue weighted by Crippen LogP contribution is 2.35. The van der Waals surface area contributed by atoms with Crippen molar-refractivity contribution in [3.63, 3.8) is 0 Å². The van der Waals surface area contributed by atoms with Gasteiger partial charge in [0.2, 0.25) is 0 Å². The number of thiophene rings is 1. The lowest BCUT2D eigenvalue weighted by atomic mass is 10.1. The molecule has 0 radical (unpaired) electrons. The largest absolute Gasteiger partial charge is 0.326 e. The Morgan fingerprint density at radius 2 is 2.13 bits per heavy atom. The predicted octanol–water partition coefficient (Wildman–Crippen LogP) is 3.67. The molecule has 15 heavy (non-hydrogen) atoms. The summed E-state index contributed by atoms with van der Waals surface area (Å²) in [6.45, 7) is 0.399. The van der Waals surface area contributed by atoms with Gasteiger partial charge in [-0.25, -0.2) is 4.39 Å². The second-order valence-electron chi connectivity index (χ2n) is 3.12. The molecule has 0 saturated heterocycles. The van der Waals surface area contributed by atoms with Crippen LogP contribution in [0.2, 0.25) is 5.02 Å². The zero-order valence-corrected chi connectivity index (χ0v) is 9.41. The van der Waals surface area contributed by atoms with E-state index in [1.54, 1.807) is 18.2 Å². The molecule has 0 saturated carbocycles. The van der Waals surface area contributed by atoms with Crippen molar-refractivity contribution in [1.82, 2.24) is 0 Å². The van der Waals surface area contributed by atoms with Crippen LogP contribution in [0.1, 0.15) is 5.56 Å². The number of benzene rings is 1. The Morgan fingerprint density at radius 1 is 1.33 bits per heavy atom. The first-order chi connectivity index (χ1) is 7.22. The van der Waals surface area contributed by atoms with Crippen LogP contribution in [0.5, 0.6) is 0 Å². The SMILES string of the molecule is NCc1ccc(F)c(-c2sccc2Cl)c1. The van der Waals surface area contributed by atoms with E-state index in [4.69, 9.17) is 17.3 Å². The van der Waals surface area contributed by atoms with Crippen LogP contribution in [0, 0.1) is 5.82 Å². The Morgan fingerprint density at radius 3 is 2.73 bits per heavy atom. The maximum atomic E-state index is 13.6. The molecule has 4 heteroatoms. The van der Waals surface area contributed by atoms with Crippen LogP contribution in [-0.2, 0) is 6.54 Å². The highest BCUT2D eigenvalue weighted by molar-refractivity contribution is 7.14. The molecule has 0 bridgehead atoms. The Bertz CT molecular complexity index is 481. The number of halogens is 2. The van der Waals surface area contributed by atoms with Crippen LogP contribution in [0.25, 0.3) is 10.4 Å². The van der Waals surface area contributed by atoms with E-state index in [2.05, 4.69) is 0 Å². The summed E-state index contributed by atoms with van der Waals surface area (Å²) in [6, 6.07) is 6.61. The van der Waals surface area contributed by atoms with Gasteiger partial charge in [0.25, 0.3) is 0 Å². The van der Waals surface area contributed by atoms with Gasteiger partial charge in [-0.1, -0.05) is 17.7 Å². The van der Waals surface area contributed by atoms with Gasteiger partial charge in [-0.2, -0.15) is 0 Å². The fourth-order valence-electron chi connectivity index (χ4n) is 1.36. The van der Waals surface area contributed by atoms with E-state index < -0.39 is 0 Å². The van der Waals surface area contributed by atoms with Crippen molar-refractivity contribution in [3.8, 4) is 10.4 Å². The summed E-state index contributed by atoms with van der Waals surface area (Å²) in [5.41, 5.74) is 6.93. The van der Waals surface area contributed by atoms with Crippen LogP contribution in [-0.4, -0.2) is 0 Å². The highest BCUT2D eigenvalue weighted by Gasteiger charge is 2.10. The summed E-state index contributed by atoms with van der Waals surface area (Å²) in [5, 5.41) is 2.42. The topological polar surface area (TPSA) is 26.0 Å². The number of nitrogens with two attached hydrogens (primary N) is 1. The van der Waals surface area contributed by atoms with Gasteiger partial charge >= 0.3 is 0 Å². The third kappa shape index (κ3) is 2.04. The molecule has 0 aliphatic heterocycles. The molecule has 1 heterocycles. The fourth-order valence-corrected chi connectivity index (χ4v) is 2.54. The molecule has 2 rings (SSSR count). The van der Waals surface area contributed by atoms with Crippen LogP contribution >= 0.6 is 22.9 Å². The molecular formula is C11H9ClFNS. The minimum Gasteiger partial charge on any atom is -0.326 e. The quantitative estimate of drug-likeness (QED) is 0.853. The number of rotatable bonds is 2. The van der Waals surface area contributed by atoms with Gasteiger partial charge in [-0.15, -0.1) is 11.3 Å². The van der Waals surface area contributed by atoms with Crippen LogP contribution in [0.4, 0.5) is 4.39 Å². The molecule has 0 fully saturated rings. The van der Waals surface area contributed by atoms with Gasteiger partial charge < -0.3 is 5.73 Å². The third-order valence-electron chi connectivity index (χ3n) is 2.13. The molecule has 0 spiro atoms. The van der Waals surface area contributed by atoms with Gasteiger partial charge in [0.05, 0.1) is 9.90 Å². The molecule has 1 aromatic heterocycles. The van der Waals surface area contributed by atoms with E-state index in [1.807, 2.05) is 5.38 Å². The number of hydrogen-bond acceptors (Lipinski definition) is 2. The van der Waals surface area contributed by atoms with Gasteiger partial charge in [-0.05, 0) is 29.1 Å². The summed E-state index contributed by atoms with van der Waals surface area (Å²) in [6.07, 6.45) is 0. The maximum Gasteiger partial charge on any atom is 0.131 e. The Hall–Kier alpha value is -0.900. The molecule has 0 amide bonds. The van der Waals surface area contributed by atoms with Crippen molar-refractivity contribution in [2.24, 2.45) is 5.73 Å². The number of hydrogen-bond donors (Lipinski definition) is 1. The molecule has 2 aromatic rings. The summed E-state index contributed by atoms with van der Waals surface area (Å²) in [5.74, 6) is -0.267. The van der Waals surface area contributed by atoms with E-state index in [0.29, 0.717) is 17.1 Å². The zero-order chi connectivity index (χ0) is 10.8. The molecular weight excluding hydrogens is 233 g/mol. The molecule has 1 nitrogen and oxygen atoms in total. The van der Waals surface area contributed by atoms with Gasteiger partial charge in [0.1, 0.15) is 5.82 Å². The van der Waals surface area contributed by atoms with E-state index in [-0.39, 0.29) is 5.82 Å². The summed E-state index contributed by atoms with van der Waals surface area (Å²) >= 11 is 7.38. The van der Waals surface area contributed by atoms with E-state index in [0.717, 1.165) is 10.4 Å². The molecule has 1 aromatic carbocycles. The highest BCUT2D eigenvalue weighted by atomic mass is 35.5. The van der Waals surface area contributed by atoms with Crippen molar-refractivity contribution >= 4 is 22.9 Å². The van der Waals surface area contributed by atoms with E-state index >= 15 is 0 Å². The van der Waals surface area contributed by atoms with Crippen LogP contribution in [0.15, 0.2) is 29.6 Å². The summed E-state index contributed by atoms with van der Waals surface area (Å²) in [4.78, 5) is 0.754. The van der Waals surface area contributed by atoms with Crippen molar-refractivity contribution in [2.75, 3.05) is 0 Å². The minimum atomic E-state index is -0.267. The summed E-state index contributed by atoms with van der Waals surface area (Å²) in [7, 11) is 0. The monoisotopic (exact) mass is 241 g/mol. The molecule has 0 unspecified atom stereocenters. The maximum absolute atomic E-state index is 13.6. The molecule has 0 atom stereocenters. The average Bonchev–Trinajstić information content (AvgIpc) is 2.65. The lowest BCUT2D eigenvalue weighted by molar-refractivity contribution is 0.631. The zero-order valence-electron chi connectivity index (χ0n) is 7.84. The molecule has 78 valence electrons. The standard InChI is InChI=1S/C11H9ClFNS/c12-9-3-4-15-11(9)8-5-7(6-14)1-2-10(8)13/h1-5H,6,14H2. The Labute approximate surface area is 96.3 Å². The fraction of sp³-hybridized carbons (Fsp3) is 0.0909. The first-order valence-corrected chi connectivity index (χ1v) is 5.70. The Balaban J connectivity index is 2.56. The Kier molecular flexibility index (Phi) is 3.05. The minimum absolute atomic E-state index is 0.267. The van der Waals surface area contributed by atoms with Crippen LogP contribution in [0.3, 0.4) is 0 Å². The first-order valence-electron chi connectivity index (χ1n) is 4.44. The second-order valence-corrected chi connectivity index (χ2v) is 4.44. The average molecular weight is 242 g/mol. The lowest BCUT2D eigenvalue weighted by Gasteiger charge is -2.04. The van der Waals surface area contributed by atoms with Gasteiger partial charge in [0.15, 0.2) is 0 Å². The van der Waals surface area contributed by atoms with Gasteiger partial charge in [-0.3, -0.25) is 0 Å². The van der Waals surface area contributed by atoms with Crippen molar-refractivity contribution < 1.29 is 4.39 Å². The van der Waals surface area contributed by atoms with E-state index in [1.165, 1.54) is 17.4 Å². The van der Waals surface area contributed by atoms with Crippen LogP contribution < -0.4 is 5.73 Å². The predicted molar refractivity (Wildman–Crippen MR) is 62.6 cm³/mol. The van der Waals surface area contributed by atoms with Crippen molar-refractivity contribution in [1.29, 1.82) is 0 Å². The molecule has 0 aliphatic rings. The van der Waals surface area contributed by atoms with Crippen molar-refractivity contribution in [2.45, 2.75) is 6.54 Å². The smallest absolute Gasteiger partial charge is 0.131 e. The first kappa shape index (κ1) is 10.6. The van der Waals surface area contributed by atoms with E-state index in [9.17, 15) is 4.39 Å². The van der Waals surface area contributed by atoms with Gasteiger partial charge in [0, 0.05) is 12.1 Å². The lowest BCUT2D eigenvalue weighted by Crippen LogP contribution is -1.97. The second kappa shape index (κ2) is 4.31. The molecule has 0 aliphatic carbocycles.